The van der Waals surface area contributed by atoms with Gasteiger partial charge in [-0.3, -0.25) is 9.48 Å². The highest BCUT2D eigenvalue weighted by Crippen LogP contribution is 2.05. The summed E-state index contributed by atoms with van der Waals surface area (Å²) in [7, 11) is 1.72. The van der Waals surface area contributed by atoms with Crippen molar-refractivity contribution in [2.75, 3.05) is 6.61 Å². The van der Waals surface area contributed by atoms with Gasteiger partial charge in [-0.25, -0.2) is 4.79 Å². The Morgan fingerprint density at radius 1 is 1.42 bits per heavy atom. The summed E-state index contributed by atoms with van der Waals surface area (Å²) in [5.74, 6) is -0.448. The lowest BCUT2D eigenvalue weighted by Crippen LogP contribution is -2.21. The van der Waals surface area contributed by atoms with E-state index < -0.39 is 5.97 Å². The molecule has 0 saturated heterocycles. The van der Waals surface area contributed by atoms with Crippen LogP contribution in [0.25, 0.3) is 0 Å². The minimum Gasteiger partial charge on any atom is -0.460 e. The van der Waals surface area contributed by atoms with Crippen LogP contribution >= 0.6 is 15.9 Å². The van der Waals surface area contributed by atoms with E-state index in [4.69, 9.17) is 4.74 Å². The van der Waals surface area contributed by atoms with E-state index in [1.54, 1.807) is 25.5 Å². The molecule has 0 aliphatic rings. The molecule has 2 aromatic heterocycles. The molecule has 0 radical (unpaired) electrons. The minimum absolute atomic E-state index is 0.129. The number of aromatic nitrogens is 3. The molecule has 6 nitrogen and oxygen atoms in total. The highest BCUT2D eigenvalue weighted by molar-refractivity contribution is 9.10. The number of hydrogen-bond acceptors (Lipinski definition) is 4. The lowest BCUT2D eigenvalue weighted by atomic mass is 10.4. The number of nitrogens with zero attached hydrogens (tertiary/aromatic N) is 3. The van der Waals surface area contributed by atoms with Crippen LogP contribution in [-0.2, 0) is 18.3 Å². The molecule has 0 aliphatic heterocycles. The van der Waals surface area contributed by atoms with Crippen molar-refractivity contribution >= 4 is 21.9 Å². The summed E-state index contributed by atoms with van der Waals surface area (Å²) in [5.41, 5.74) is 0.254. The van der Waals surface area contributed by atoms with Crippen LogP contribution in [0, 0.1) is 0 Å². The summed E-state index contributed by atoms with van der Waals surface area (Å²) in [6.45, 7) is 0.439. The van der Waals surface area contributed by atoms with E-state index in [1.807, 2.05) is 0 Å². The molecule has 2 rings (SSSR count). The molecule has 0 aromatic carbocycles. The number of hydrogen-bond donors (Lipinski definition) is 0. The highest BCUT2D eigenvalue weighted by atomic mass is 79.9. The van der Waals surface area contributed by atoms with E-state index in [2.05, 4.69) is 21.0 Å². The molecular formula is C12H12BrN3O3. The number of rotatable bonds is 4. The first-order chi connectivity index (χ1) is 9.06. The second kappa shape index (κ2) is 5.83. The van der Waals surface area contributed by atoms with Crippen LogP contribution in [-0.4, -0.2) is 26.9 Å². The van der Waals surface area contributed by atoms with E-state index in [0.717, 1.165) is 4.47 Å². The van der Waals surface area contributed by atoms with E-state index in [0.29, 0.717) is 12.1 Å². The first-order valence-electron chi connectivity index (χ1n) is 5.58. The van der Waals surface area contributed by atoms with Crippen molar-refractivity contribution < 1.29 is 9.53 Å². The molecule has 0 saturated carbocycles. The molecule has 0 aliphatic carbocycles. The second-order valence-electron chi connectivity index (χ2n) is 3.92. The Morgan fingerprint density at radius 2 is 2.21 bits per heavy atom. The largest absolute Gasteiger partial charge is 0.460 e. The third-order valence-corrected chi connectivity index (χ3v) is 2.92. The Hall–Kier alpha value is -1.89. The minimum atomic E-state index is -0.448. The van der Waals surface area contributed by atoms with Crippen molar-refractivity contribution in [1.82, 2.24) is 14.3 Å². The van der Waals surface area contributed by atoms with Crippen LogP contribution in [0.15, 0.2) is 40.0 Å². The number of ether oxygens (including phenoxy) is 1. The zero-order chi connectivity index (χ0) is 13.8. The molecule has 0 fully saturated rings. The topological polar surface area (TPSA) is 66.1 Å². The van der Waals surface area contributed by atoms with Crippen molar-refractivity contribution in [2.45, 2.75) is 6.54 Å². The van der Waals surface area contributed by atoms with Gasteiger partial charge in [0.1, 0.15) is 6.61 Å². The molecule has 2 heterocycles. The third kappa shape index (κ3) is 3.54. The summed E-state index contributed by atoms with van der Waals surface area (Å²) in [6.07, 6.45) is 4.67. The first-order valence-corrected chi connectivity index (χ1v) is 6.37. The van der Waals surface area contributed by atoms with Gasteiger partial charge in [0, 0.05) is 30.0 Å². The van der Waals surface area contributed by atoms with Gasteiger partial charge in [0.05, 0.1) is 18.3 Å². The van der Waals surface area contributed by atoms with E-state index >= 15 is 0 Å². The normalized spacial score (nSPS) is 10.4. The fourth-order valence-electron chi connectivity index (χ4n) is 1.52. The fraction of sp³-hybridized carbons (Fsp3) is 0.250. The van der Waals surface area contributed by atoms with Crippen molar-refractivity contribution in [3.63, 3.8) is 0 Å². The average molecular weight is 326 g/mol. The first kappa shape index (κ1) is 13.5. The van der Waals surface area contributed by atoms with Crippen LogP contribution in [0.3, 0.4) is 0 Å². The Balaban J connectivity index is 1.91. The maximum atomic E-state index is 11.6. The van der Waals surface area contributed by atoms with E-state index in [-0.39, 0.29) is 12.2 Å². The van der Waals surface area contributed by atoms with Crippen molar-refractivity contribution in [3.05, 3.63) is 51.1 Å². The van der Waals surface area contributed by atoms with Crippen LogP contribution in [0.4, 0.5) is 0 Å². The number of pyridine rings is 1. The molecule has 0 bridgehead atoms. The van der Waals surface area contributed by atoms with Gasteiger partial charge >= 0.3 is 5.97 Å². The smallest absolute Gasteiger partial charge is 0.341 e. The molecule has 7 heteroatoms. The SMILES string of the molecule is Cn1cc(C(=O)OCCn2cc(Br)ccc2=O)cn1. The molecule has 0 amide bonds. The quantitative estimate of drug-likeness (QED) is 0.792. The Bertz CT molecular complexity index is 648. The maximum absolute atomic E-state index is 11.6. The molecule has 0 atom stereocenters. The predicted molar refractivity (Wildman–Crippen MR) is 71.9 cm³/mol. The lowest BCUT2D eigenvalue weighted by Gasteiger charge is -2.06. The summed E-state index contributed by atoms with van der Waals surface area (Å²) >= 11 is 3.28. The Kier molecular flexibility index (Phi) is 4.16. The number of halogens is 1. The fourth-order valence-corrected chi connectivity index (χ4v) is 1.90. The summed E-state index contributed by atoms with van der Waals surface area (Å²) in [5, 5.41) is 3.88. The molecular weight excluding hydrogens is 314 g/mol. The van der Waals surface area contributed by atoms with Gasteiger partial charge < -0.3 is 9.30 Å². The van der Waals surface area contributed by atoms with Crippen LogP contribution < -0.4 is 5.56 Å². The van der Waals surface area contributed by atoms with Crippen LogP contribution in [0.1, 0.15) is 10.4 Å². The monoisotopic (exact) mass is 325 g/mol. The number of aryl methyl sites for hydroxylation is 1. The lowest BCUT2D eigenvalue weighted by molar-refractivity contribution is 0.0490. The highest BCUT2D eigenvalue weighted by Gasteiger charge is 2.09. The van der Waals surface area contributed by atoms with Crippen molar-refractivity contribution in [1.29, 1.82) is 0 Å². The molecule has 0 N–H and O–H groups in total. The average Bonchev–Trinajstić information content (AvgIpc) is 2.80. The molecule has 100 valence electrons. The number of esters is 1. The van der Waals surface area contributed by atoms with Gasteiger partial charge in [0.15, 0.2) is 0 Å². The zero-order valence-corrected chi connectivity index (χ0v) is 11.8. The van der Waals surface area contributed by atoms with Crippen LogP contribution in [0.5, 0.6) is 0 Å². The van der Waals surface area contributed by atoms with Gasteiger partial charge in [0.2, 0.25) is 0 Å². The zero-order valence-electron chi connectivity index (χ0n) is 10.2. The summed E-state index contributed by atoms with van der Waals surface area (Å²) < 4.78 is 8.87. The van der Waals surface area contributed by atoms with E-state index in [9.17, 15) is 9.59 Å². The van der Waals surface area contributed by atoms with Crippen LogP contribution in [0.2, 0.25) is 0 Å². The summed E-state index contributed by atoms with van der Waals surface area (Å²) in [6, 6.07) is 3.12. The van der Waals surface area contributed by atoms with Gasteiger partial charge in [-0.1, -0.05) is 0 Å². The number of carbonyl (C=O) groups is 1. The van der Waals surface area contributed by atoms with Gasteiger partial charge in [-0.15, -0.1) is 0 Å². The summed E-state index contributed by atoms with van der Waals surface area (Å²) in [4.78, 5) is 23.1. The molecule has 2 aromatic rings. The maximum Gasteiger partial charge on any atom is 0.341 e. The standard InChI is InChI=1S/C12H12BrN3O3/c1-15-7-9(6-14-15)12(18)19-5-4-16-8-10(13)2-3-11(16)17/h2-3,6-8H,4-5H2,1H3. The van der Waals surface area contributed by atoms with Gasteiger partial charge in [-0.05, 0) is 22.0 Å². The van der Waals surface area contributed by atoms with Gasteiger partial charge in [0.25, 0.3) is 5.56 Å². The van der Waals surface area contributed by atoms with Crippen molar-refractivity contribution in [2.24, 2.45) is 7.05 Å². The Labute approximate surface area is 117 Å². The third-order valence-electron chi connectivity index (χ3n) is 2.45. The molecule has 19 heavy (non-hydrogen) atoms. The van der Waals surface area contributed by atoms with Crippen molar-refractivity contribution in [3.8, 4) is 0 Å². The Morgan fingerprint density at radius 3 is 2.89 bits per heavy atom. The number of carbonyl (C=O) groups excluding carboxylic acids is 1. The second-order valence-corrected chi connectivity index (χ2v) is 4.83. The van der Waals surface area contributed by atoms with Gasteiger partial charge in [-0.2, -0.15) is 5.10 Å². The molecule has 0 spiro atoms. The molecule has 0 unspecified atom stereocenters. The van der Waals surface area contributed by atoms with E-state index in [1.165, 1.54) is 21.5 Å². The predicted octanol–water partition coefficient (Wildman–Crippen LogP) is 1.20.